The number of amides is 1. The van der Waals surface area contributed by atoms with Crippen LogP contribution in [0.5, 0.6) is 0 Å². The minimum Gasteiger partial charge on any atom is -0.478 e. The number of carboxylic acids is 1. The third-order valence-corrected chi connectivity index (χ3v) is 1.62. The van der Waals surface area contributed by atoms with Gasteiger partial charge >= 0.3 is 5.97 Å². The van der Waals surface area contributed by atoms with Crippen LogP contribution in [0.1, 0.15) is 12.8 Å². The van der Waals surface area contributed by atoms with Crippen LogP contribution >= 0.6 is 0 Å². The second kappa shape index (κ2) is 4.61. The zero-order valence-electron chi connectivity index (χ0n) is 7.10. The number of carboxylic acid groups (broad SMARTS) is 1. The zero-order chi connectivity index (χ0) is 9.68. The van der Waals surface area contributed by atoms with Gasteiger partial charge in [-0.3, -0.25) is 9.63 Å². The molecule has 5 nitrogen and oxygen atoms in total. The fourth-order valence-corrected chi connectivity index (χ4v) is 0.996. The van der Waals surface area contributed by atoms with Crippen LogP contribution in [0.15, 0.2) is 12.2 Å². The molecule has 0 aromatic heterocycles. The molecular formula is C8H11NO4. The van der Waals surface area contributed by atoms with Gasteiger partial charge in [0.15, 0.2) is 0 Å². The summed E-state index contributed by atoms with van der Waals surface area (Å²) >= 11 is 0. The van der Waals surface area contributed by atoms with Gasteiger partial charge in [-0.25, -0.2) is 9.86 Å². The average molecular weight is 185 g/mol. The Morgan fingerprint density at radius 2 is 2.08 bits per heavy atom. The molecule has 1 heterocycles. The molecule has 1 amide bonds. The smallest absolute Gasteiger partial charge is 0.328 e. The first-order chi connectivity index (χ1) is 6.20. The largest absolute Gasteiger partial charge is 0.478 e. The molecule has 0 aliphatic carbocycles. The van der Waals surface area contributed by atoms with Crippen LogP contribution < -0.4 is 0 Å². The number of hydroxylamine groups is 2. The molecule has 0 saturated carbocycles. The number of carbonyl (C=O) groups is 2. The SMILES string of the molecule is O=C(O)/C=C\C(=O)N1CCCCO1. The van der Waals surface area contributed by atoms with Gasteiger partial charge in [-0.05, 0) is 12.8 Å². The fraction of sp³-hybridized carbons (Fsp3) is 0.500. The number of hydrogen-bond donors (Lipinski definition) is 1. The minimum absolute atomic E-state index is 0.415. The Labute approximate surface area is 75.5 Å². The van der Waals surface area contributed by atoms with Crippen molar-refractivity contribution in [2.24, 2.45) is 0 Å². The third-order valence-electron chi connectivity index (χ3n) is 1.62. The molecular weight excluding hydrogens is 174 g/mol. The Kier molecular flexibility index (Phi) is 3.45. The Morgan fingerprint density at radius 3 is 2.62 bits per heavy atom. The normalized spacial score (nSPS) is 17.7. The summed E-state index contributed by atoms with van der Waals surface area (Å²) in [5, 5.41) is 9.45. The Morgan fingerprint density at radius 1 is 1.31 bits per heavy atom. The highest BCUT2D eigenvalue weighted by Crippen LogP contribution is 2.05. The van der Waals surface area contributed by atoms with Crippen molar-refractivity contribution in [3.63, 3.8) is 0 Å². The predicted molar refractivity (Wildman–Crippen MR) is 43.7 cm³/mol. The summed E-state index contributed by atoms with van der Waals surface area (Å²) in [5.41, 5.74) is 0. The van der Waals surface area contributed by atoms with Crippen LogP contribution in [0, 0.1) is 0 Å². The molecule has 0 radical (unpaired) electrons. The molecule has 1 fully saturated rings. The molecule has 1 aliphatic heterocycles. The highest BCUT2D eigenvalue weighted by molar-refractivity contribution is 5.93. The standard InChI is InChI=1S/C8H11NO4/c10-7(3-4-8(11)12)9-5-1-2-6-13-9/h3-4H,1-2,5-6H2,(H,11,12)/b4-3-. The van der Waals surface area contributed by atoms with Crippen LogP contribution in [0.25, 0.3) is 0 Å². The van der Waals surface area contributed by atoms with Gasteiger partial charge in [0.1, 0.15) is 0 Å². The number of carbonyl (C=O) groups excluding carboxylic acids is 1. The van der Waals surface area contributed by atoms with E-state index in [1.54, 1.807) is 0 Å². The van der Waals surface area contributed by atoms with Gasteiger partial charge in [0.05, 0.1) is 6.61 Å². The first kappa shape index (κ1) is 9.73. The molecule has 1 rings (SSSR count). The predicted octanol–water partition coefficient (Wildman–Crippen LogP) is 0.181. The minimum atomic E-state index is -1.13. The second-order valence-electron chi connectivity index (χ2n) is 2.65. The van der Waals surface area contributed by atoms with E-state index in [2.05, 4.69) is 0 Å². The van der Waals surface area contributed by atoms with Crippen LogP contribution in [-0.2, 0) is 14.4 Å². The van der Waals surface area contributed by atoms with Gasteiger partial charge < -0.3 is 5.11 Å². The molecule has 1 saturated heterocycles. The first-order valence-corrected chi connectivity index (χ1v) is 4.05. The molecule has 72 valence electrons. The maximum atomic E-state index is 11.2. The zero-order valence-corrected chi connectivity index (χ0v) is 7.10. The van der Waals surface area contributed by atoms with E-state index in [0.29, 0.717) is 13.2 Å². The third kappa shape index (κ3) is 3.25. The lowest BCUT2D eigenvalue weighted by atomic mass is 10.3. The van der Waals surface area contributed by atoms with Crippen molar-refractivity contribution in [3.8, 4) is 0 Å². The highest BCUT2D eigenvalue weighted by atomic mass is 16.7. The van der Waals surface area contributed by atoms with E-state index in [4.69, 9.17) is 9.94 Å². The van der Waals surface area contributed by atoms with E-state index in [0.717, 1.165) is 25.0 Å². The summed E-state index contributed by atoms with van der Waals surface area (Å²) in [4.78, 5) is 26.3. The van der Waals surface area contributed by atoms with Gasteiger partial charge in [-0.15, -0.1) is 0 Å². The van der Waals surface area contributed by atoms with E-state index in [-0.39, 0.29) is 0 Å². The molecule has 0 spiro atoms. The number of nitrogens with zero attached hydrogens (tertiary/aromatic N) is 1. The Bertz CT molecular complexity index is 230. The molecule has 0 atom stereocenters. The lowest BCUT2D eigenvalue weighted by Crippen LogP contribution is -2.34. The van der Waals surface area contributed by atoms with Crippen molar-refractivity contribution in [1.29, 1.82) is 0 Å². The summed E-state index contributed by atoms with van der Waals surface area (Å²) < 4.78 is 0. The molecule has 1 aliphatic rings. The van der Waals surface area contributed by atoms with E-state index < -0.39 is 11.9 Å². The maximum Gasteiger partial charge on any atom is 0.328 e. The van der Waals surface area contributed by atoms with Crippen molar-refractivity contribution >= 4 is 11.9 Å². The van der Waals surface area contributed by atoms with Gasteiger partial charge in [0.25, 0.3) is 5.91 Å². The molecule has 0 aromatic carbocycles. The fourth-order valence-electron chi connectivity index (χ4n) is 0.996. The summed E-state index contributed by atoms with van der Waals surface area (Å²) in [5.74, 6) is -1.55. The molecule has 0 unspecified atom stereocenters. The Hall–Kier alpha value is -1.36. The van der Waals surface area contributed by atoms with Gasteiger partial charge in [0.2, 0.25) is 0 Å². The lowest BCUT2D eigenvalue weighted by Gasteiger charge is -2.24. The van der Waals surface area contributed by atoms with Gasteiger partial charge in [-0.2, -0.15) is 0 Å². The van der Waals surface area contributed by atoms with Crippen molar-refractivity contribution in [1.82, 2.24) is 5.06 Å². The van der Waals surface area contributed by atoms with Crippen LogP contribution in [0.2, 0.25) is 0 Å². The molecule has 0 aromatic rings. The van der Waals surface area contributed by atoms with Crippen molar-refractivity contribution in [2.45, 2.75) is 12.8 Å². The van der Waals surface area contributed by atoms with E-state index >= 15 is 0 Å². The van der Waals surface area contributed by atoms with Crippen molar-refractivity contribution < 1.29 is 19.5 Å². The Balaban J connectivity index is 2.41. The summed E-state index contributed by atoms with van der Waals surface area (Å²) in [6, 6.07) is 0. The number of rotatable bonds is 2. The molecule has 5 heteroatoms. The number of hydrogen-bond acceptors (Lipinski definition) is 3. The second-order valence-corrected chi connectivity index (χ2v) is 2.65. The monoisotopic (exact) mass is 185 g/mol. The summed E-state index contributed by atoms with van der Waals surface area (Å²) in [6.45, 7) is 1.05. The van der Waals surface area contributed by atoms with Crippen LogP contribution in [-0.4, -0.2) is 35.2 Å². The maximum absolute atomic E-state index is 11.2. The molecule has 0 bridgehead atoms. The lowest BCUT2D eigenvalue weighted by molar-refractivity contribution is -0.191. The van der Waals surface area contributed by atoms with Crippen LogP contribution in [0.3, 0.4) is 0 Å². The van der Waals surface area contributed by atoms with Crippen molar-refractivity contribution in [3.05, 3.63) is 12.2 Å². The topological polar surface area (TPSA) is 66.8 Å². The summed E-state index contributed by atoms with van der Waals surface area (Å²) in [6.07, 6.45) is 3.63. The van der Waals surface area contributed by atoms with Crippen LogP contribution in [0.4, 0.5) is 0 Å². The number of aliphatic carboxylic acids is 1. The first-order valence-electron chi connectivity index (χ1n) is 4.05. The molecule has 1 N–H and O–H groups in total. The highest BCUT2D eigenvalue weighted by Gasteiger charge is 2.14. The quantitative estimate of drug-likeness (QED) is 0.623. The van der Waals surface area contributed by atoms with E-state index in [1.807, 2.05) is 0 Å². The molecule has 13 heavy (non-hydrogen) atoms. The van der Waals surface area contributed by atoms with Gasteiger partial charge in [-0.1, -0.05) is 0 Å². The van der Waals surface area contributed by atoms with E-state index in [1.165, 1.54) is 5.06 Å². The summed E-state index contributed by atoms with van der Waals surface area (Å²) in [7, 11) is 0. The van der Waals surface area contributed by atoms with Gasteiger partial charge in [0, 0.05) is 18.7 Å². The average Bonchev–Trinajstić information content (AvgIpc) is 2.15. The van der Waals surface area contributed by atoms with E-state index in [9.17, 15) is 9.59 Å². The van der Waals surface area contributed by atoms with Crippen molar-refractivity contribution in [2.75, 3.05) is 13.2 Å².